The van der Waals surface area contributed by atoms with Crippen LogP contribution >= 0.6 is 11.3 Å². The van der Waals surface area contributed by atoms with E-state index in [-0.39, 0.29) is 12.5 Å². The fraction of sp³-hybridized carbons (Fsp3) is 0.214. The molecular formula is C14H15NO2S. The topological polar surface area (TPSA) is 49.3 Å². The summed E-state index contributed by atoms with van der Waals surface area (Å²) in [6, 6.07) is 11.1. The van der Waals surface area contributed by atoms with Gasteiger partial charge in [-0.2, -0.15) is 0 Å². The number of aliphatic hydroxyl groups is 1. The van der Waals surface area contributed by atoms with E-state index in [1.807, 2.05) is 24.3 Å². The van der Waals surface area contributed by atoms with Crippen molar-refractivity contribution in [3.63, 3.8) is 0 Å². The number of carbonyl (C=O) groups is 1. The monoisotopic (exact) mass is 261 g/mol. The number of carbonyl (C=O) groups excluding carboxylic acids is 1. The molecule has 2 rings (SSSR count). The fourth-order valence-electron chi connectivity index (χ4n) is 1.65. The van der Waals surface area contributed by atoms with Crippen LogP contribution in [0.3, 0.4) is 0 Å². The Labute approximate surface area is 110 Å². The second kappa shape index (κ2) is 5.80. The highest BCUT2D eigenvalue weighted by molar-refractivity contribution is 7.14. The van der Waals surface area contributed by atoms with E-state index in [0.29, 0.717) is 10.6 Å². The largest absolute Gasteiger partial charge is 0.392 e. The Balaban J connectivity index is 2.16. The van der Waals surface area contributed by atoms with Crippen molar-refractivity contribution in [2.75, 3.05) is 5.32 Å². The van der Waals surface area contributed by atoms with Crippen molar-refractivity contribution >= 4 is 22.9 Å². The molecule has 0 aliphatic carbocycles. The summed E-state index contributed by atoms with van der Waals surface area (Å²) >= 11 is 1.50. The minimum absolute atomic E-state index is 0.0822. The van der Waals surface area contributed by atoms with E-state index in [9.17, 15) is 9.90 Å². The average Bonchev–Trinajstić information content (AvgIpc) is 2.88. The maximum Gasteiger partial charge on any atom is 0.265 e. The zero-order valence-corrected chi connectivity index (χ0v) is 11.0. The third-order valence-corrected chi connectivity index (χ3v) is 3.90. The molecule has 1 aromatic carbocycles. The predicted octanol–water partition coefficient (Wildman–Crippen LogP) is 3.06. The summed E-state index contributed by atoms with van der Waals surface area (Å²) in [5.41, 5.74) is 1.38. The van der Waals surface area contributed by atoms with Gasteiger partial charge in [-0.1, -0.05) is 25.1 Å². The summed E-state index contributed by atoms with van der Waals surface area (Å²) < 4.78 is 0. The van der Waals surface area contributed by atoms with Crippen LogP contribution in [0.25, 0.3) is 0 Å². The lowest BCUT2D eigenvalue weighted by molar-refractivity contribution is 0.103. The van der Waals surface area contributed by atoms with Crippen molar-refractivity contribution in [1.29, 1.82) is 0 Å². The maximum atomic E-state index is 12.0. The molecule has 0 saturated heterocycles. The van der Waals surface area contributed by atoms with Crippen molar-refractivity contribution in [3.05, 3.63) is 51.7 Å². The second-order valence-electron chi connectivity index (χ2n) is 3.89. The zero-order valence-electron chi connectivity index (χ0n) is 10.1. The Morgan fingerprint density at radius 2 is 2.06 bits per heavy atom. The molecule has 94 valence electrons. The van der Waals surface area contributed by atoms with E-state index in [2.05, 4.69) is 12.2 Å². The lowest BCUT2D eigenvalue weighted by Gasteiger charge is -2.07. The SMILES string of the molecule is CCc1ccc(C(=O)Nc2ccccc2CO)s1. The third-order valence-electron chi connectivity index (χ3n) is 2.67. The van der Waals surface area contributed by atoms with Crippen LogP contribution in [0.5, 0.6) is 0 Å². The number of thiophene rings is 1. The number of amides is 1. The minimum Gasteiger partial charge on any atom is -0.392 e. The van der Waals surface area contributed by atoms with Gasteiger partial charge in [-0.05, 0) is 24.6 Å². The van der Waals surface area contributed by atoms with Crippen molar-refractivity contribution in [2.45, 2.75) is 20.0 Å². The molecule has 1 aromatic heterocycles. The fourth-order valence-corrected chi connectivity index (χ4v) is 2.50. The third kappa shape index (κ3) is 2.78. The minimum atomic E-state index is -0.124. The Hall–Kier alpha value is -1.65. The molecule has 3 nitrogen and oxygen atoms in total. The highest BCUT2D eigenvalue weighted by atomic mass is 32.1. The first-order valence-corrected chi connectivity index (χ1v) is 6.65. The lowest BCUT2D eigenvalue weighted by Crippen LogP contribution is -2.11. The summed E-state index contributed by atoms with van der Waals surface area (Å²) in [4.78, 5) is 13.9. The Morgan fingerprint density at radius 3 is 2.72 bits per heavy atom. The number of benzene rings is 1. The summed E-state index contributed by atoms with van der Waals surface area (Å²) in [6.45, 7) is 1.98. The highest BCUT2D eigenvalue weighted by Gasteiger charge is 2.10. The zero-order chi connectivity index (χ0) is 13.0. The summed E-state index contributed by atoms with van der Waals surface area (Å²) in [6.07, 6.45) is 0.936. The molecule has 0 fully saturated rings. The molecule has 0 atom stereocenters. The molecule has 0 aliphatic rings. The van der Waals surface area contributed by atoms with Gasteiger partial charge < -0.3 is 10.4 Å². The average molecular weight is 261 g/mol. The molecule has 2 N–H and O–H groups in total. The van der Waals surface area contributed by atoms with Gasteiger partial charge in [-0.15, -0.1) is 11.3 Å². The molecule has 0 saturated carbocycles. The maximum absolute atomic E-state index is 12.0. The molecule has 18 heavy (non-hydrogen) atoms. The molecule has 0 aliphatic heterocycles. The molecule has 0 unspecified atom stereocenters. The summed E-state index contributed by atoms with van der Waals surface area (Å²) in [7, 11) is 0. The van der Waals surface area contributed by atoms with Gasteiger partial charge >= 0.3 is 0 Å². The van der Waals surface area contributed by atoms with Crippen molar-refractivity contribution < 1.29 is 9.90 Å². The van der Waals surface area contributed by atoms with E-state index in [4.69, 9.17) is 0 Å². The van der Waals surface area contributed by atoms with Crippen LogP contribution in [-0.4, -0.2) is 11.0 Å². The van der Waals surface area contributed by atoms with Crippen LogP contribution in [0.2, 0.25) is 0 Å². The lowest BCUT2D eigenvalue weighted by atomic mass is 10.2. The predicted molar refractivity (Wildman–Crippen MR) is 74.0 cm³/mol. The number of rotatable bonds is 4. The van der Waals surface area contributed by atoms with Crippen LogP contribution < -0.4 is 5.32 Å². The Morgan fingerprint density at radius 1 is 1.28 bits per heavy atom. The number of aliphatic hydroxyl groups excluding tert-OH is 1. The van der Waals surface area contributed by atoms with E-state index < -0.39 is 0 Å². The van der Waals surface area contributed by atoms with Gasteiger partial charge in [0, 0.05) is 16.1 Å². The molecule has 0 bridgehead atoms. The molecule has 2 aromatic rings. The van der Waals surface area contributed by atoms with Gasteiger partial charge in [0.15, 0.2) is 0 Å². The van der Waals surface area contributed by atoms with E-state index in [1.165, 1.54) is 16.2 Å². The van der Waals surface area contributed by atoms with Gasteiger partial charge in [0.2, 0.25) is 0 Å². The molecule has 0 radical (unpaired) electrons. The van der Waals surface area contributed by atoms with Crippen LogP contribution in [0, 0.1) is 0 Å². The van der Waals surface area contributed by atoms with Crippen LogP contribution in [0.4, 0.5) is 5.69 Å². The van der Waals surface area contributed by atoms with Crippen molar-refractivity contribution in [1.82, 2.24) is 0 Å². The van der Waals surface area contributed by atoms with E-state index >= 15 is 0 Å². The van der Waals surface area contributed by atoms with Crippen molar-refractivity contribution in [3.8, 4) is 0 Å². The number of aryl methyl sites for hydroxylation is 1. The first kappa shape index (κ1) is 12.8. The summed E-state index contributed by atoms with van der Waals surface area (Å²) in [5, 5.41) is 12.0. The Kier molecular flexibility index (Phi) is 4.12. The second-order valence-corrected chi connectivity index (χ2v) is 5.06. The van der Waals surface area contributed by atoms with Crippen LogP contribution in [0.1, 0.15) is 27.0 Å². The number of anilines is 1. The van der Waals surface area contributed by atoms with Gasteiger partial charge in [0.25, 0.3) is 5.91 Å². The van der Waals surface area contributed by atoms with Crippen molar-refractivity contribution in [2.24, 2.45) is 0 Å². The van der Waals surface area contributed by atoms with Gasteiger partial charge in [0.05, 0.1) is 11.5 Å². The van der Waals surface area contributed by atoms with E-state index in [1.54, 1.807) is 12.1 Å². The highest BCUT2D eigenvalue weighted by Crippen LogP contribution is 2.20. The number of hydrogen-bond donors (Lipinski definition) is 2. The molecule has 4 heteroatoms. The molecule has 1 heterocycles. The standard InChI is InChI=1S/C14H15NO2S/c1-2-11-7-8-13(18-11)14(17)15-12-6-4-3-5-10(12)9-16/h3-8,16H,2,9H2,1H3,(H,15,17). The number of nitrogens with one attached hydrogen (secondary N) is 1. The molecule has 1 amide bonds. The van der Waals surface area contributed by atoms with Gasteiger partial charge in [-0.25, -0.2) is 0 Å². The smallest absolute Gasteiger partial charge is 0.265 e. The molecular weight excluding hydrogens is 246 g/mol. The van der Waals surface area contributed by atoms with Gasteiger partial charge in [0.1, 0.15) is 0 Å². The molecule has 0 spiro atoms. The van der Waals surface area contributed by atoms with E-state index in [0.717, 1.165) is 12.0 Å². The Bertz CT molecular complexity index is 548. The number of para-hydroxylation sites is 1. The number of hydrogen-bond acceptors (Lipinski definition) is 3. The summed E-state index contributed by atoms with van der Waals surface area (Å²) in [5.74, 6) is -0.124. The quantitative estimate of drug-likeness (QED) is 0.888. The van der Waals surface area contributed by atoms with Crippen LogP contribution in [-0.2, 0) is 13.0 Å². The van der Waals surface area contributed by atoms with Crippen LogP contribution in [0.15, 0.2) is 36.4 Å². The van der Waals surface area contributed by atoms with Gasteiger partial charge in [-0.3, -0.25) is 4.79 Å². The normalized spacial score (nSPS) is 10.3. The first-order chi connectivity index (χ1) is 8.74. The first-order valence-electron chi connectivity index (χ1n) is 5.83.